The summed E-state index contributed by atoms with van der Waals surface area (Å²) < 4.78 is 12.7. The minimum atomic E-state index is -0.650. The summed E-state index contributed by atoms with van der Waals surface area (Å²) in [5.41, 5.74) is -0.191. The second kappa shape index (κ2) is 10.5. The van der Waals surface area contributed by atoms with E-state index in [1.165, 1.54) is 32.8 Å². The summed E-state index contributed by atoms with van der Waals surface area (Å²) in [6.45, 7) is 9.86. The van der Waals surface area contributed by atoms with Crippen LogP contribution in [0.25, 0.3) is 0 Å². The molecule has 170 valence electrons. The molecule has 0 radical (unpaired) electrons. The van der Waals surface area contributed by atoms with Crippen molar-refractivity contribution < 1.29 is 19.1 Å². The third-order valence-electron chi connectivity index (χ3n) is 6.09. The van der Waals surface area contributed by atoms with Gasteiger partial charge in [0, 0.05) is 25.1 Å². The Morgan fingerprint density at radius 3 is 2.40 bits per heavy atom. The molecular formula is C24H40N2O4. The highest BCUT2D eigenvalue weighted by Gasteiger charge is 2.35. The number of methoxy groups -OCH3 is 1. The summed E-state index contributed by atoms with van der Waals surface area (Å²) in [5.74, 6) is 0.399. The molecule has 0 spiro atoms. The summed E-state index contributed by atoms with van der Waals surface area (Å²) in [4.78, 5) is 29.1. The SMILES string of the molecule is COC(=O)[C@@](C)(CCCCC(=O)OC(C)(C)C)Cc1cn(C2CCC(C)CC2)cn1. The Morgan fingerprint density at radius 2 is 1.80 bits per heavy atom. The van der Waals surface area contributed by atoms with E-state index in [2.05, 4.69) is 22.7 Å². The summed E-state index contributed by atoms with van der Waals surface area (Å²) in [6.07, 6.45) is 11.9. The number of carbonyl (C=O) groups is 2. The highest BCUT2D eigenvalue weighted by molar-refractivity contribution is 5.76. The number of rotatable bonds is 9. The van der Waals surface area contributed by atoms with Crippen LogP contribution in [-0.2, 0) is 25.5 Å². The Hall–Kier alpha value is -1.85. The average Bonchev–Trinajstić information content (AvgIpc) is 3.12. The van der Waals surface area contributed by atoms with E-state index in [-0.39, 0.29) is 11.9 Å². The number of imidazole rings is 1. The first-order valence-electron chi connectivity index (χ1n) is 11.3. The summed E-state index contributed by atoms with van der Waals surface area (Å²) in [7, 11) is 1.43. The molecule has 0 unspecified atom stereocenters. The van der Waals surface area contributed by atoms with Crippen molar-refractivity contribution >= 4 is 11.9 Å². The smallest absolute Gasteiger partial charge is 0.311 e. The van der Waals surface area contributed by atoms with Crippen molar-refractivity contribution in [2.75, 3.05) is 7.11 Å². The molecular weight excluding hydrogens is 380 g/mol. The molecule has 2 rings (SSSR count). The molecule has 6 heteroatoms. The van der Waals surface area contributed by atoms with E-state index < -0.39 is 11.0 Å². The number of unbranched alkanes of at least 4 members (excludes halogenated alkanes) is 1. The van der Waals surface area contributed by atoms with E-state index in [0.717, 1.165) is 18.0 Å². The van der Waals surface area contributed by atoms with Crippen molar-refractivity contribution in [3.05, 3.63) is 18.2 Å². The van der Waals surface area contributed by atoms with Gasteiger partial charge < -0.3 is 14.0 Å². The van der Waals surface area contributed by atoms with Crippen molar-refractivity contribution in [1.82, 2.24) is 9.55 Å². The molecule has 1 heterocycles. The van der Waals surface area contributed by atoms with Crippen LogP contribution in [0.1, 0.15) is 97.7 Å². The molecule has 0 N–H and O–H groups in total. The van der Waals surface area contributed by atoms with Gasteiger partial charge in [0.2, 0.25) is 0 Å². The Labute approximate surface area is 181 Å². The topological polar surface area (TPSA) is 70.4 Å². The van der Waals surface area contributed by atoms with Gasteiger partial charge in [-0.1, -0.05) is 13.3 Å². The van der Waals surface area contributed by atoms with Crippen LogP contribution in [0.3, 0.4) is 0 Å². The lowest BCUT2D eigenvalue weighted by molar-refractivity contribution is -0.154. The second-order valence-corrected chi connectivity index (χ2v) is 10.2. The highest BCUT2D eigenvalue weighted by atomic mass is 16.6. The Balaban J connectivity index is 1.91. The van der Waals surface area contributed by atoms with Gasteiger partial charge in [0.25, 0.3) is 0 Å². The number of carbonyl (C=O) groups excluding carboxylic acids is 2. The van der Waals surface area contributed by atoms with Gasteiger partial charge in [-0.25, -0.2) is 4.98 Å². The van der Waals surface area contributed by atoms with Crippen molar-refractivity contribution in [1.29, 1.82) is 0 Å². The van der Waals surface area contributed by atoms with Gasteiger partial charge in [0.15, 0.2) is 0 Å². The molecule has 0 saturated heterocycles. The number of ether oxygens (including phenoxy) is 2. The Bertz CT molecular complexity index is 698. The van der Waals surface area contributed by atoms with E-state index in [1.54, 1.807) is 0 Å². The molecule has 0 aliphatic heterocycles. The van der Waals surface area contributed by atoms with Gasteiger partial charge in [-0.2, -0.15) is 0 Å². The van der Waals surface area contributed by atoms with E-state index in [1.807, 2.05) is 34.0 Å². The van der Waals surface area contributed by atoms with Crippen molar-refractivity contribution in [2.24, 2.45) is 11.3 Å². The van der Waals surface area contributed by atoms with Gasteiger partial charge in [0.05, 0.1) is 24.5 Å². The van der Waals surface area contributed by atoms with E-state index in [9.17, 15) is 9.59 Å². The molecule has 30 heavy (non-hydrogen) atoms. The van der Waals surface area contributed by atoms with Gasteiger partial charge >= 0.3 is 11.9 Å². The first kappa shape index (κ1) is 24.4. The average molecular weight is 421 g/mol. The molecule has 1 aliphatic rings. The van der Waals surface area contributed by atoms with Crippen LogP contribution in [-0.4, -0.2) is 34.2 Å². The van der Waals surface area contributed by atoms with Crippen molar-refractivity contribution in [3.63, 3.8) is 0 Å². The lowest BCUT2D eigenvalue weighted by Gasteiger charge is -2.27. The Morgan fingerprint density at radius 1 is 1.13 bits per heavy atom. The number of hydrogen-bond donors (Lipinski definition) is 0. The molecule has 6 nitrogen and oxygen atoms in total. The van der Waals surface area contributed by atoms with Crippen LogP contribution in [0.2, 0.25) is 0 Å². The third kappa shape index (κ3) is 7.44. The van der Waals surface area contributed by atoms with E-state index in [4.69, 9.17) is 9.47 Å². The fourth-order valence-corrected chi connectivity index (χ4v) is 4.30. The normalized spacial score (nSPS) is 21.7. The zero-order chi connectivity index (χ0) is 22.4. The molecule has 0 amide bonds. The van der Waals surface area contributed by atoms with Crippen LogP contribution in [0.15, 0.2) is 12.5 Å². The largest absolute Gasteiger partial charge is 0.469 e. The first-order chi connectivity index (χ1) is 14.0. The van der Waals surface area contributed by atoms with E-state index in [0.29, 0.717) is 31.7 Å². The maximum Gasteiger partial charge on any atom is 0.311 e. The monoisotopic (exact) mass is 420 g/mol. The van der Waals surface area contributed by atoms with Gasteiger partial charge in [0.1, 0.15) is 5.60 Å². The predicted molar refractivity (Wildman–Crippen MR) is 117 cm³/mol. The molecule has 0 bridgehead atoms. The zero-order valence-electron chi connectivity index (χ0n) is 19.7. The number of hydrogen-bond acceptors (Lipinski definition) is 5. The van der Waals surface area contributed by atoms with Crippen molar-refractivity contribution in [2.45, 2.75) is 104 Å². The third-order valence-corrected chi connectivity index (χ3v) is 6.09. The molecule has 0 aromatic carbocycles. The first-order valence-corrected chi connectivity index (χ1v) is 11.3. The van der Waals surface area contributed by atoms with Gasteiger partial charge in [-0.05, 0) is 72.1 Å². The minimum Gasteiger partial charge on any atom is -0.469 e. The van der Waals surface area contributed by atoms with E-state index >= 15 is 0 Å². The predicted octanol–water partition coefficient (Wildman–Crippen LogP) is 5.26. The fraction of sp³-hybridized carbons (Fsp3) is 0.792. The quantitative estimate of drug-likeness (QED) is 0.403. The molecule has 1 aromatic heterocycles. The molecule has 1 atom stereocenters. The maximum absolute atomic E-state index is 12.5. The fourth-order valence-electron chi connectivity index (χ4n) is 4.30. The zero-order valence-corrected chi connectivity index (χ0v) is 19.7. The minimum absolute atomic E-state index is 0.192. The molecule has 1 aromatic rings. The molecule has 1 aliphatic carbocycles. The van der Waals surface area contributed by atoms with Crippen LogP contribution in [0.5, 0.6) is 0 Å². The van der Waals surface area contributed by atoms with Gasteiger partial charge in [-0.15, -0.1) is 0 Å². The highest BCUT2D eigenvalue weighted by Crippen LogP contribution is 2.34. The summed E-state index contributed by atoms with van der Waals surface area (Å²) in [6, 6.07) is 0.515. The number of esters is 2. The maximum atomic E-state index is 12.5. The lowest BCUT2D eigenvalue weighted by Crippen LogP contribution is -2.32. The standard InChI is InChI=1S/C24H40N2O4/c1-18-10-12-20(13-11-18)26-16-19(25-17-26)15-24(5,22(28)29-6)14-8-7-9-21(27)30-23(2,3)4/h16-18,20H,7-15H2,1-6H3/t18?,20?,24-/m0/s1. The van der Waals surface area contributed by atoms with Crippen LogP contribution in [0.4, 0.5) is 0 Å². The van der Waals surface area contributed by atoms with Crippen LogP contribution >= 0.6 is 0 Å². The van der Waals surface area contributed by atoms with Gasteiger partial charge in [-0.3, -0.25) is 9.59 Å². The summed E-state index contributed by atoms with van der Waals surface area (Å²) in [5, 5.41) is 0. The Kier molecular flexibility index (Phi) is 8.51. The molecule has 1 fully saturated rings. The number of nitrogens with zero attached hydrogens (tertiary/aromatic N) is 2. The number of aromatic nitrogens is 2. The summed E-state index contributed by atoms with van der Waals surface area (Å²) >= 11 is 0. The van der Waals surface area contributed by atoms with Crippen molar-refractivity contribution in [3.8, 4) is 0 Å². The lowest BCUT2D eigenvalue weighted by atomic mass is 9.80. The van der Waals surface area contributed by atoms with Crippen LogP contribution < -0.4 is 0 Å². The molecule has 1 saturated carbocycles. The van der Waals surface area contributed by atoms with Crippen LogP contribution in [0, 0.1) is 11.3 Å². The second-order valence-electron chi connectivity index (χ2n) is 10.2.